The Labute approximate surface area is 195 Å². The van der Waals surface area contributed by atoms with E-state index in [4.69, 9.17) is 4.74 Å². The molecule has 0 aliphatic carbocycles. The van der Waals surface area contributed by atoms with Crippen molar-refractivity contribution in [3.63, 3.8) is 0 Å². The standard InChI is InChI=1S/C26H23FN4O3/c1-34-16-15-30-18-22(12-14-25(30)33)28-24(32)13-9-20-17-31(23-5-3-2-4-6-23)29-26(20)19-7-10-21(27)11-8-19/h2-14,17-18H,15-16H2,1H3,(H,28,32). The van der Waals surface area contributed by atoms with Crippen LogP contribution in [0.15, 0.2) is 90.0 Å². The van der Waals surface area contributed by atoms with Crippen LogP contribution in [-0.4, -0.2) is 34.0 Å². The van der Waals surface area contributed by atoms with Gasteiger partial charge in [-0.25, -0.2) is 9.07 Å². The van der Waals surface area contributed by atoms with Crippen molar-refractivity contribution < 1.29 is 13.9 Å². The Morgan fingerprint density at radius 3 is 2.56 bits per heavy atom. The van der Waals surface area contributed by atoms with Crippen LogP contribution in [0, 0.1) is 5.82 Å². The van der Waals surface area contributed by atoms with E-state index >= 15 is 0 Å². The van der Waals surface area contributed by atoms with Gasteiger partial charge in [0, 0.05) is 49.3 Å². The van der Waals surface area contributed by atoms with Crippen LogP contribution in [0.5, 0.6) is 0 Å². The number of methoxy groups -OCH3 is 1. The summed E-state index contributed by atoms with van der Waals surface area (Å²) in [5.74, 6) is -0.705. The third-order valence-corrected chi connectivity index (χ3v) is 5.08. The molecule has 1 N–H and O–H groups in total. The van der Waals surface area contributed by atoms with E-state index in [1.165, 1.54) is 28.8 Å². The van der Waals surface area contributed by atoms with E-state index in [-0.39, 0.29) is 17.3 Å². The van der Waals surface area contributed by atoms with Crippen molar-refractivity contribution in [2.45, 2.75) is 6.54 Å². The van der Waals surface area contributed by atoms with Gasteiger partial charge in [0.15, 0.2) is 0 Å². The lowest BCUT2D eigenvalue weighted by molar-refractivity contribution is -0.111. The number of hydrogen-bond donors (Lipinski definition) is 1. The van der Waals surface area contributed by atoms with Gasteiger partial charge in [-0.05, 0) is 48.5 Å². The zero-order chi connectivity index (χ0) is 23.9. The van der Waals surface area contributed by atoms with Crippen molar-refractivity contribution in [3.8, 4) is 16.9 Å². The summed E-state index contributed by atoms with van der Waals surface area (Å²) < 4.78 is 21.6. The summed E-state index contributed by atoms with van der Waals surface area (Å²) >= 11 is 0. The molecule has 172 valence electrons. The summed E-state index contributed by atoms with van der Waals surface area (Å²) in [6.45, 7) is 0.767. The highest BCUT2D eigenvalue weighted by Crippen LogP contribution is 2.25. The van der Waals surface area contributed by atoms with E-state index in [2.05, 4.69) is 10.4 Å². The van der Waals surface area contributed by atoms with Crippen LogP contribution in [0.1, 0.15) is 5.56 Å². The smallest absolute Gasteiger partial charge is 0.250 e. The summed E-state index contributed by atoms with van der Waals surface area (Å²) in [6, 6.07) is 18.5. The molecule has 0 fully saturated rings. The molecule has 7 nitrogen and oxygen atoms in total. The Morgan fingerprint density at radius 1 is 1.06 bits per heavy atom. The molecule has 0 spiro atoms. The van der Waals surface area contributed by atoms with Gasteiger partial charge in [0.2, 0.25) is 5.91 Å². The van der Waals surface area contributed by atoms with Crippen LogP contribution < -0.4 is 10.9 Å². The number of nitrogens with zero attached hydrogens (tertiary/aromatic N) is 3. The highest BCUT2D eigenvalue weighted by molar-refractivity contribution is 6.02. The molecular weight excluding hydrogens is 435 g/mol. The number of nitrogens with one attached hydrogen (secondary N) is 1. The molecular formula is C26H23FN4O3. The van der Waals surface area contributed by atoms with Crippen LogP contribution in [0.3, 0.4) is 0 Å². The predicted octanol–water partition coefficient (Wildman–Crippen LogP) is 4.14. The molecule has 0 aliphatic rings. The maximum absolute atomic E-state index is 13.4. The molecule has 2 aromatic heterocycles. The molecule has 0 radical (unpaired) electrons. The van der Waals surface area contributed by atoms with Crippen LogP contribution in [-0.2, 0) is 16.1 Å². The largest absolute Gasteiger partial charge is 0.383 e. The van der Waals surface area contributed by atoms with Crippen LogP contribution in [0.4, 0.5) is 10.1 Å². The molecule has 1 amide bonds. The third-order valence-electron chi connectivity index (χ3n) is 5.08. The van der Waals surface area contributed by atoms with Gasteiger partial charge in [-0.1, -0.05) is 18.2 Å². The van der Waals surface area contributed by atoms with Gasteiger partial charge in [0.25, 0.3) is 5.56 Å². The first-order valence-electron chi connectivity index (χ1n) is 10.6. The number of carbonyl (C=O) groups is 1. The molecule has 4 rings (SSSR count). The van der Waals surface area contributed by atoms with E-state index in [0.29, 0.717) is 30.1 Å². The van der Waals surface area contributed by atoms with Crippen molar-refractivity contribution in [2.75, 3.05) is 19.0 Å². The first-order chi connectivity index (χ1) is 16.5. The van der Waals surface area contributed by atoms with Crippen molar-refractivity contribution in [3.05, 3.63) is 107 Å². The van der Waals surface area contributed by atoms with Crippen LogP contribution >= 0.6 is 0 Å². The average molecular weight is 458 g/mol. The van der Waals surface area contributed by atoms with Crippen LogP contribution in [0.25, 0.3) is 23.0 Å². The lowest BCUT2D eigenvalue weighted by atomic mass is 10.1. The van der Waals surface area contributed by atoms with E-state index < -0.39 is 0 Å². The number of rotatable bonds is 8. The number of pyridine rings is 1. The summed E-state index contributed by atoms with van der Waals surface area (Å²) in [5, 5.41) is 7.41. The third kappa shape index (κ3) is 5.54. The molecule has 2 aromatic carbocycles. The number of amides is 1. The monoisotopic (exact) mass is 458 g/mol. The minimum Gasteiger partial charge on any atom is -0.383 e. The molecule has 0 unspecified atom stereocenters. The van der Waals surface area contributed by atoms with Gasteiger partial charge < -0.3 is 14.6 Å². The minimum absolute atomic E-state index is 0.178. The second-order valence-corrected chi connectivity index (χ2v) is 7.48. The number of para-hydroxylation sites is 1. The number of anilines is 1. The number of hydrogen-bond acceptors (Lipinski definition) is 4. The highest BCUT2D eigenvalue weighted by Gasteiger charge is 2.11. The summed E-state index contributed by atoms with van der Waals surface area (Å²) in [6.07, 6.45) is 6.43. The Bertz CT molecular complexity index is 1360. The molecule has 0 aliphatic heterocycles. The molecule has 4 aromatic rings. The molecule has 34 heavy (non-hydrogen) atoms. The number of halogens is 1. The molecule has 0 atom stereocenters. The number of aromatic nitrogens is 3. The Kier molecular flexibility index (Phi) is 7.10. The number of benzene rings is 2. The topological polar surface area (TPSA) is 78.2 Å². The van der Waals surface area contributed by atoms with Gasteiger partial charge in [-0.3, -0.25) is 9.59 Å². The lowest BCUT2D eigenvalue weighted by Crippen LogP contribution is -2.22. The van der Waals surface area contributed by atoms with Gasteiger partial charge in [-0.2, -0.15) is 5.10 Å². The Balaban J connectivity index is 1.59. The fourth-order valence-corrected chi connectivity index (χ4v) is 3.37. The van der Waals surface area contributed by atoms with E-state index in [1.807, 2.05) is 36.5 Å². The fraction of sp³-hybridized carbons (Fsp3) is 0.115. The van der Waals surface area contributed by atoms with Crippen molar-refractivity contribution in [1.82, 2.24) is 14.3 Å². The van der Waals surface area contributed by atoms with Crippen molar-refractivity contribution in [1.29, 1.82) is 0 Å². The quantitative estimate of drug-likeness (QED) is 0.403. The van der Waals surface area contributed by atoms with Crippen LogP contribution in [0.2, 0.25) is 0 Å². The summed E-state index contributed by atoms with van der Waals surface area (Å²) in [4.78, 5) is 24.5. The maximum Gasteiger partial charge on any atom is 0.250 e. The van der Waals surface area contributed by atoms with E-state index in [9.17, 15) is 14.0 Å². The second-order valence-electron chi connectivity index (χ2n) is 7.48. The summed E-state index contributed by atoms with van der Waals surface area (Å²) in [5.41, 5.74) is 3.19. The average Bonchev–Trinajstić information content (AvgIpc) is 3.28. The van der Waals surface area contributed by atoms with Gasteiger partial charge in [0.1, 0.15) is 5.82 Å². The zero-order valence-electron chi connectivity index (χ0n) is 18.5. The first kappa shape index (κ1) is 22.9. The lowest BCUT2D eigenvalue weighted by Gasteiger charge is -2.08. The first-order valence-corrected chi connectivity index (χ1v) is 10.6. The van der Waals surface area contributed by atoms with E-state index in [0.717, 1.165) is 11.3 Å². The van der Waals surface area contributed by atoms with Crippen molar-refractivity contribution >= 4 is 17.7 Å². The zero-order valence-corrected chi connectivity index (χ0v) is 18.5. The molecule has 0 saturated carbocycles. The normalized spacial score (nSPS) is 11.1. The maximum atomic E-state index is 13.4. The fourth-order valence-electron chi connectivity index (χ4n) is 3.37. The molecule has 0 saturated heterocycles. The number of ether oxygens (including phenoxy) is 1. The van der Waals surface area contributed by atoms with Gasteiger partial charge in [-0.15, -0.1) is 0 Å². The number of carbonyl (C=O) groups excluding carboxylic acids is 1. The molecule has 2 heterocycles. The summed E-state index contributed by atoms with van der Waals surface area (Å²) in [7, 11) is 1.56. The van der Waals surface area contributed by atoms with Crippen molar-refractivity contribution in [2.24, 2.45) is 0 Å². The Morgan fingerprint density at radius 2 is 1.82 bits per heavy atom. The molecule has 8 heteroatoms. The van der Waals surface area contributed by atoms with E-state index in [1.54, 1.807) is 42.3 Å². The Hall–Kier alpha value is -4.30. The van der Waals surface area contributed by atoms with Gasteiger partial charge in [0.05, 0.1) is 23.7 Å². The minimum atomic E-state index is -0.366. The van der Waals surface area contributed by atoms with Gasteiger partial charge >= 0.3 is 0 Å². The molecule has 0 bridgehead atoms. The SMILES string of the molecule is COCCn1cc(NC(=O)C=Cc2cn(-c3ccccc3)nc2-c2ccc(F)cc2)ccc1=O. The predicted molar refractivity (Wildman–Crippen MR) is 129 cm³/mol. The second kappa shape index (κ2) is 10.5. The highest BCUT2D eigenvalue weighted by atomic mass is 19.1.